The van der Waals surface area contributed by atoms with Crippen LogP contribution in [-0.2, 0) is 27.8 Å². The molecule has 0 saturated heterocycles. The molecular formula is C14H16ClN3O5S. The van der Waals surface area contributed by atoms with Crippen molar-refractivity contribution in [2.24, 2.45) is 0 Å². The second-order valence-electron chi connectivity index (χ2n) is 4.95. The molecule has 2 rings (SSSR count). The smallest absolute Gasteiger partial charge is 0.340 e. The van der Waals surface area contributed by atoms with E-state index in [1.54, 1.807) is 0 Å². The lowest BCUT2D eigenvalue weighted by Crippen LogP contribution is -2.22. The van der Waals surface area contributed by atoms with Gasteiger partial charge >= 0.3 is 5.97 Å². The van der Waals surface area contributed by atoms with Gasteiger partial charge in [-0.15, -0.1) is 10.2 Å². The highest BCUT2D eigenvalue weighted by Gasteiger charge is 2.21. The molecule has 0 aliphatic rings. The zero-order valence-corrected chi connectivity index (χ0v) is 14.9. The van der Waals surface area contributed by atoms with Crippen LogP contribution in [0.15, 0.2) is 27.5 Å². The van der Waals surface area contributed by atoms with E-state index in [2.05, 4.69) is 10.2 Å². The number of ether oxygens (including phenoxy) is 1. The van der Waals surface area contributed by atoms with E-state index in [4.69, 9.17) is 20.8 Å². The summed E-state index contributed by atoms with van der Waals surface area (Å²) in [6, 6.07) is 3.82. The molecule has 0 unspecified atom stereocenters. The molecule has 10 heteroatoms. The minimum absolute atomic E-state index is 0.0603. The van der Waals surface area contributed by atoms with E-state index in [9.17, 15) is 13.2 Å². The number of hydrogen-bond acceptors (Lipinski definition) is 7. The van der Waals surface area contributed by atoms with Gasteiger partial charge in [0.2, 0.25) is 15.9 Å². The molecule has 24 heavy (non-hydrogen) atoms. The van der Waals surface area contributed by atoms with Crippen LogP contribution < -0.4 is 0 Å². The van der Waals surface area contributed by atoms with Crippen LogP contribution in [0.5, 0.6) is 0 Å². The highest BCUT2D eigenvalue weighted by atomic mass is 35.5. The summed E-state index contributed by atoms with van der Waals surface area (Å²) in [5.41, 5.74) is -0.0604. The number of nitrogens with zero attached hydrogens (tertiary/aromatic N) is 3. The Morgan fingerprint density at radius 2 is 1.96 bits per heavy atom. The van der Waals surface area contributed by atoms with E-state index in [1.807, 2.05) is 6.92 Å². The second-order valence-corrected chi connectivity index (χ2v) is 7.51. The first-order chi connectivity index (χ1) is 11.3. The summed E-state index contributed by atoms with van der Waals surface area (Å²) < 4.78 is 35.6. The Bertz CT molecular complexity index is 848. The SMILES string of the molecule is CCc1nnc(COC(=O)c2cc(S(=O)(=O)N(C)C)ccc2Cl)o1. The molecule has 0 N–H and O–H groups in total. The average molecular weight is 374 g/mol. The van der Waals surface area contributed by atoms with Gasteiger partial charge in [0.25, 0.3) is 5.89 Å². The molecule has 130 valence electrons. The molecule has 8 nitrogen and oxygen atoms in total. The van der Waals surface area contributed by atoms with E-state index >= 15 is 0 Å². The number of aromatic nitrogens is 2. The summed E-state index contributed by atoms with van der Waals surface area (Å²) >= 11 is 5.97. The number of rotatable bonds is 6. The third kappa shape index (κ3) is 3.92. The largest absolute Gasteiger partial charge is 0.452 e. The Labute approximate surface area is 144 Å². The van der Waals surface area contributed by atoms with Gasteiger partial charge in [0.05, 0.1) is 15.5 Å². The third-order valence-electron chi connectivity index (χ3n) is 3.07. The maximum absolute atomic E-state index is 12.2. The van der Waals surface area contributed by atoms with E-state index in [1.165, 1.54) is 32.3 Å². The fourth-order valence-corrected chi connectivity index (χ4v) is 2.85. The van der Waals surface area contributed by atoms with Crippen molar-refractivity contribution >= 4 is 27.6 Å². The molecule has 0 saturated carbocycles. The maximum atomic E-state index is 12.2. The van der Waals surface area contributed by atoms with Crippen molar-refractivity contribution in [3.05, 3.63) is 40.6 Å². The molecule has 1 heterocycles. The highest BCUT2D eigenvalue weighted by Crippen LogP contribution is 2.23. The predicted octanol–water partition coefficient (Wildman–Crippen LogP) is 1.89. The Hall–Kier alpha value is -1.97. The fraction of sp³-hybridized carbons (Fsp3) is 0.357. The quantitative estimate of drug-likeness (QED) is 0.712. The minimum atomic E-state index is -3.69. The van der Waals surface area contributed by atoms with Gasteiger partial charge in [0.15, 0.2) is 6.61 Å². The van der Waals surface area contributed by atoms with Crippen molar-refractivity contribution in [3.63, 3.8) is 0 Å². The summed E-state index contributed by atoms with van der Waals surface area (Å²) in [5.74, 6) is -0.210. The van der Waals surface area contributed by atoms with Gasteiger partial charge in [0.1, 0.15) is 0 Å². The Kier molecular flexibility index (Phi) is 5.58. The molecule has 0 atom stereocenters. The van der Waals surface area contributed by atoms with Gasteiger partial charge in [-0.2, -0.15) is 0 Å². The number of carbonyl (C=O) groups excluding carboxylic acids is 1. The molecule has 0 fully saturated rings. The van der Waals surface area contributed by atoms with Crippen LogP contribution in [0.25, 0.3) is 0 Å². The molecule has 0 spiro atoms. The van der Waals surface area contributed by atoms with Crippen molar-refractivity contribution in [1.82, 2.24) is 14.5 Å². The molecule has 0 aliphatic carbocycles. The standard InChI is InChI=1S/C14H16ClN3O5S/c1-4-12-16-17-13(23-12)8-22-14(19)10-7-9(5-6-11(10)15)24(20,21)18(2)3/h5-7H,4,8H2,1-3H3. The predicted molar refractivity (Wildman–Crippen MR) is 85.1 cm³/mol. The number of halogens is 1. The zero-order chi connectivity index (χ0) is 17.9. The van der Waals surface area contributed by atoms with Gasteiger partial charge in [-0.1, -0.05) is 18.5 Å². The van der Waals surface area contributed by atoms with Crippen LogP contribution >= 0.6 is 11.6 Å². The zero-order valence-electron chi connectivity index (χ0n) is 13.3. The maximum Gasteiger partial charge on any atom is 0.340 e. The van der Waals surface area contributed by atoms with Gasteiger partial charge in [-0.3, -0.25) is 0 Å². The number of aryl methyl sites for hydroxylation is 1. The molecular weight excluding hydrogens is 358 g/mol. The van der Waals surface area contributed by atoms with Gasteiger partial charge < -0.3 is 9.15 Å². The first kappa shape index (κ1) is 18.4. The minimum Gasteiger partial charge on any atom is -0.452 e. The molecule has 0 aliphatic heterocycles. The van der Waals surface area contributed by atoms with E-state index < -0.39 is 16.0 Å². The lowest BCUT2D eigenvalue weighted by Gasteiger charge is -2.12. The summed E-state index contributed by atoms with van der Waals surface area (Å²) in [6.45, 7) is 1.62. The topological polar surface area (TPSA) is 103 Å². The molecule has 0 bridgehead atoms. The van der Waals surface area contributed by atoms with E-state index in [0.717, 1.165) is 4.31 Å². The summed E-state index contributed by atoms with van der Waals surface area (Å²) in [5, 5.41) is 7.56. The molecule has 1 aromatic heterocycles. The third-order valence-corrected chi connectivity index (χ3v) is 5.21. The first-order valence-corrected chi connectivity index (χ1v) is 8.78. The second kappa shape index (κ2) is 7.29. The van der Waals surface area contributed by atoms with Crippen LogP contribution in [0.1, 0.15) is 29.1 Å². The lowest BCUT2D eigenvalue weighted by atomic mass is 10.2. The van der Waals surface area contributed by atoms with Crippen LogP contribution in [0.2, 0.25) is 5.02 Å². The highest BCUT2D eigenvalue weighted by molar-refractivity contribution is 7.89. The van der Waals surface area contributed by atoms with Crippen molar-refractivity contribution in [3.8, 4) is 0 Å². The van der Waals surface area contributed by atoms with Crippen LogP contribution in [0, 0.1) is 0 Å². The monoisotopic (exact) mass is 373 g/mol. The van der Waals surface area contributed by atoms with Crippen molar-refractivity contribution < 1.29 is 22.4 Å². The van der Waals surface area contributed by atoms with Gasteiger partial charge in [-0.25, -0.2) is 17.5 Å². The molecule has 0 radical (unpaired) electrons. The Balaban J connectivity index is 2.19. The van der Waals surface area contributed by atoms with Crippen molar-refractivity contribution in [2.75, 3.05) is 14.1 Å². The molecule has 0 amide bonds. The Morgan fingerprint density at radius 3 is 2.54 bits per heavy atom. The number of esters is 1. The van der Waals surface area contributed by atoms with Crippen molar-refractivity contribution in [1.29, 1.82) is 0 Å². The summed E-state index contributed by atoms with van der Waals surface area (Å²) in [6.07, 6.45) is 0.567. The molecule has 2 aromatic rings. The van der Waals surface area contributed by atoms with Crippen LogP contribution in [0.3, 0.4) is 0 Å². The lowest BCUT2D eigenvalue weighted by molar-refractivity contribution is 0.0436. The van der Waals surface area contributed by atoms with Crippen molar-refractivity contribution in [2.45, 2.75) is 24.8 Å². The fourth-order valence-electron chi connectivity index (χ4n) is 1.73. The number of benzene rings is 1. The molecule has 1 aromatic carbocycles. The van der Waals surface area contributed by atoms with Crippen LogP contribution in [0.4, 0.5) is 0 Å². The van der Waals surface area contributed by atoms with E-state index in [-0.39, 0.29) is 28.0 Å². The van der Waals surface area contributed by atoms with Gasteiger partial charge in [0, 0.05) is 20.5 Å². The number of sulfonamides is 1. The normalized spacial score (nSPS) is 11.7. The first-order valence-electron chi connectivity index (χ1n) is 6.96. The van der Waals surface area contributed by atoms with Gasteiger partial charge in [-0.05, 0) is 18.2 Å². The number of carbonyl (C=O) groups is 1. The average Bonchev–Trinajstić information content (AvgIpc) is 3.00. The Morgan fingerprint density at radius 1 is 1.29 bits per heavy atom. The van der Waals surface area contributed by atoms with Crippen LogP contribution in [-0.4, -0.2) is 43.0 Å². The van der Waals surface area contributed by atoms with E-state index in [0.29, 0.717) is 12.3 Å². The summed E-state index contributed by atoms with van der Waals surface area (Å²) in [4.78, 5) is 12.1. The summed E-state index contributed by atoms with van der Waals surface area (Å²) in [7, 11) is -0.907. The number of hydrogen-bond donors (Lipinski definition) is 0.